The molecule has 0 unspecified atom stereocenters. The first-order chi connectivity index (χ1) is 8.22. The van der Waals surface area contributed by atoms with Crippen LogP contribution in [-0.2, 0) is 16.0 Å². The summed E-state index contributed by atoms with van der Waals surface area (Å²) in [6.45, 7) is 2.12. The number of esters is 1. The molecule has 0 amide bonds. The smallest absolute Gasteiger partial charge is 0.335 e. The first-order valence-electron chi connectivity index (χ1n) is 5.44. The van der Waals surface area contributed by atoms with Crippen LogP contribution < -0.4 is 9.47 Å². The van der Waals surface area contributed by atoms with Gasteiger partial charge in [-0.05, 0) is 13.0 Å². The fourth-order valence-corrected chi connectivity index (χ4v) is 1.68. The van der Waals surface area contributed by atoms with E-state index in [-0.39, 0.29) is 19.8 Å². The van der Waals surface area contributed by atoms with Gasteiger partial charge in [0.2, 0.25) is 6.79 Å². The highest BCUT2D eigenvalue weighted by molar-refractivity contribution is 5.75. The zero-order valence-corrected chi connectivity index (χ0v) is 9.51. The fourth-order valence-electron chi connectivity index (χ4n) is 1.68. The predicted molar refractivity (Wildman–Crippen MR) is 58.9 cm³/mol. The van der Waals surface area contributed by atoms with Gasteiger partial charge in [-0.3, -0.25) is 0 Å². The minimum absolute atomic E-state index is 0.158. The summed E-state index contributed by atoms with van der Waals surface area (Å²) in [5.74, 6) is 0.610. The first-order valence-corrected chi connectivity index (χ1v) is 5.44. The highest BCUT2D eigenvalue weighted by Crippen LogP contribution is 2.35. The van der Waals surface area contributed by atoms with Crippen molar-refractivity contribution in [2.75, 3.05) is 13.4 Å². The molecule has 1 aliphatic rings. The molecular weight excluding hydrogens is 224 g/mol. The highest BCUT2D eigenvalue weighted by atomic mass is 16.7. The molecule has 0 fully saturated rings. The Morgan fingerprint density at radius 1 is 1.53 bits per heavy atom. The number of hydrogen-bond acceptors (Lipinski definition) is 5. The average molecular weight is 238 g/mol. The maximum Gasteiger partial charge on any atom is 0.335 e. The minimum atomic E-state index is -1.18. The lowest BCUT2D eigenvalue weighted by Gasteiger charge is -2.11. The van der Waals surface area contributed by atoms with Crippen molar-refractivity contribution in [2.45, 2.75) is 19.4 Å². The van der Waals surface area contributed by atoms with Crippen molar-refractivity contribution in [3.8, 4) is 11.5 Å². The molecule has 1 aromatic rings. The Bertz CT molecular complexity index is 415. The molecule has 0 bridgehead atoms. The molecule has 0 radical (unpaired) electrons. The number of benzene rings is 1. The summed E-state index contributed by atoms with van der Waals surface area (Å²) in [5.41, 5.74) is 0.737. The predicted octanol–water partition coefficient (Wildman–Crippen LogP) is 0.882. The molecule has 1 aliphatic heterocycles. The van der Waals surface area contributed by atoms with Crippen LogP contribution in [0.5, 0.6) is 11.5 Å². The van der Waals surface area contributed by atoms with Crippen LogP contribution in [0.25, 0.3) is 0 Å². The van der Waals surface area contributed by atoms with Gasteiger partial charge < -0.3 is 19.3 Å². The average Bonchev–Trinajstić information content (AvgIpc) is 2.78. The van der Waals surface area contributed by atoms with Crippen molar-refractivity contribution < 1.29 is 24.1 Å². The maximum atomic E-state index is 11.3. The molecule has 0 aromatic heterocycles. The van der Waals surface area contributed by atoms with Gasteiger partial charge in [-0.25, -0.2) is 4.79 Å². The van der Waals surface area contributed by atoms with E-state index < -0.39 is 12.1 Å². The Balaban J connectivity index is 2.09. The summed E-state index contributed by atoms with van der Waals surface area (Å²) >= 11 is 0. The third-order valence-corrected chi connectivity index (χ3v) is 2.45. The largest absolute Gasteiger partial charge is 0.464 e. The number of carbonyl (C=O) groups is 1. The summed E-state index contributed by atoms with van der Waals surface area (Å²) in [6, 6.07) is 5.36. The van der Waals surface area contributed by atoms with E-state index in [0.29, 0.717) is 11.5 Å². The minimum Gasteiger partial charge on any atom is -0.464 e. The molecule has 5 heteroatoms. The van der Waals surface area contributed by atoms with Crippen LogP contribution in [0.15, 0.2) is 18.2 Å². The van der Waals surface area contributed by atoms with E-state index in [1.165, 1.54) is 0 Å². The Kier molecular flexibility index (Phi) is 3.49. The number of aliphatic hydroxyl groups is 1. The second kappa shape index (κ2) is 5.05. The Morgan fingerprint density at radius 2 is 2.35 bits per heavy atom. The van der Waals surface area contributed by atoms with E-state index in [9.17, 15) is 9.90 Å². The third kappa shape index (κ3) is 2.50. The lowest BCUT2D eigenvalue weighted by Crippen LogP contribution is -2.25. The molecule has 1 atom stereocenters. The van der Waals surface area contributed by atoms with Gasteiger partial charge in [0, 0.05) is 12.0 Å². The zero-order valence-electron chi connectivity index (χ0n) is 9.51. The van der Waals surface area contributed by atoms with Gasteiger partial charge in [-0.1, -0.05) is 12.1 Å². The van der Waals surface area contributed by atoms with Crippen molar-refractivity contribution in [1.29, 1.82) is 0 Å². The van der Waals surface area contributed by atoms with Gasteiger partial charge in [-0.2, -0.15) is 0 Å². The molecule has 0 saturated heterocycles. The van der Waals surface area contributed by atoms with Gasteiger partial charge >= 0.3 is 5.97 Å². The van der Waals surface area contributed by atoms with Crippen LogP contribution in [0.3, 0.4) is 0 Å². The molecule has 17 heavy (non-hydrogen) atoms. The van der Waals surface area contributed by atoms with Crippen molar-refractivity contribution >= 4 is 5.97 Å². The van der Waals surface area contributed by atoms with Gasteiger partial charge in [0.1, 0.15) is 0 Å². The van der Waals surface area contributed by atoms with Gasteiger partial charge in [0.05, 0.1) is 6.61 Å². The summed E-state index contributed by atoms with van der Waals surface area (Å²) in [5, 5.41) is 9.66. The Hall–Kier alpha value is -1.75. The molecule has 5 nitrogen and oxygen atoms in total. The normalized spacial score (nSPS) is 14.5. The molecule has 1 N–H and O–H groups in total. The first kappa shape index (κ1) is 11.7. The maximum absolute atomic E-state index is 11.3. The fraction of sp³-hybridized carbons (Fsp3) is 0.417. The van der Waals surface area contributed by atoms with Crippen LogP contribution in [0.4, 0.5) is 0 Å². The van der Waals surface area contributed by atoms with E-state index in [4.69, 9.17) is 14.2 Å². The van der Waals surface area contributed by atoms with E-state index in [2.05, 4.69) is 0 Å². The summed E-state index contributed by atoms with van der Waals surface area (Å²) < 4.78 is 15.2. The number of rotatable bonds is 4. The summed E-state index contributed by atoms with van der Waals surface area (Å²) in [6.07, 6.45) is -1.02. The number of carbonyl (C=O) groups excluding carboxylic acids is 1. The molecule has 1 heterocycles. The Labute approximate surface area is 98.9 Å². The number of para-hydroxylation sites is 1. The molecule has 1 aromatic carbocycles. The van der Waals surface area contributed by atoms with Gasteiger partial charge in [-0.15, -0.1) is 0 Å². The molecule has 92 valence electrons. The van der Waals surface area contributed by atoms with E-state index in [1.807, 2.05) is 0 Å². The third-order valence-electron chi connectivity index (χ3n) is 2.45. The van der Waals surface area contributed by atoms with Gasteiger partial charge in [0.25, 0.3) is 0 Å². The quantitative estimate of drug-likeness (QED) is 0.789. The molecule has 0 aliphatic carbocycles. The Morgan fingerprint density at radius 3 is 3.12 bits per heavy atom. The second-order valence-electron chi connectivity index (χ2n) is 3.62. The topological polar surface area (TPSA) is 65.0 Å². The van der Waals surface area contributed by atoms with Crippen molar-refractivity contribution in [3.63, 3.8) is 0 Å². The molecule has 0 spiro atoms. The van der Waals surface area contributed by atoms with Crippen molar-refractivity contribution in [1.82, 2.24) is 0 Å². The number of ether oxygens (including phenoxy) is 3. The molecule has 0 saturated carbocycles. The van der Waals surface area contributed by atoms with Crippen molar-refractivity contribution in [3.05, 3.63) is 23.8 Å². The lowest BCUT2D eigenvalue weighted by molar-refractivity contribution is -0.152. The highest BCUT2D eigenvalue weighted by Gasteiger charge is 2.22. The standard InChI is InChI=1S/C12H14O5/c1-2-15-12(14)9(13)6-8-4-3-5-10-11(8)17-7-16-10/h3-5,9,13H,2,6-7H2,1H3/t9-/m1/s1. The van der Waals surface area contributed by atoms with Crippen LogP contribution in [-0.4, -0.2) is 30.6 Å². The number of fused-ring (bicyclic) bond motifs is 1. The van der Waals surface area contributed by atoms with Crippen LogP contribution in [0, 0.1) is 0 Å². The van der Waals surface area contributed by atoms with Crippen LogP contribution >= 0.6 is 0 Å². The number of aliphatic hydroxyl groups excluding tert-OH is 1. The van der Waals surface area contributed by atoms with Gasteiger partial charge in [0.15, 0.2) is 17.6 Å². The molecular formula is C12H14O5. The van der Waals surface area contributed by atoms with Crippen molar-refractivity contribution in [2.24, 2.45) is 0 Å². The number of hydrogen-bond donors (Lipinski definition) is 1. The van der Waals surface area contributed by atoms with E-state index in [1.54, 1.807) is 25.1 Å². The lowest BCUT2D eigenvalue weighted by atomic mass is 10.1. The summed E-state index contributed by atoms with van der Waals surface area (Å²) in [4.78, 5) is 11.3. The zero-order chi connectivity index (χ0) is 12.3. The second-order valence-corrected chi connectivity index (χ2v) is 3.62. The monoisotopic (exact) mass is 238 g/mol. The molecule has 2 rings (SSSR count). The summed E-state index contributed by atoms with van der Waals surface area (Å²) in [7, 11) is 0. The van der Waals surface area contributed by atoms with E-state index in [0.717, 1.165) is 5.56 Å². The van der Waals surface area contributed by atoms with E-state index >= 15 is 0 Å². The van der Waals surface area contributed by atoms with Crippen LogP contribution in [0.2, 0.25) is 0 Å². The van der Waals surface area contributed by atoms with Crippen LogP contribution in [0.1, 0.15) is 12.5 Å². The SMILES string of the molecule is CCOC(=O)[C@H](O)Cc1cccc2c1OCO2.